The highest BCUT2D eigenvalue weighted by atomic mass is 15.3. The molecule has 2 saturated carbocycles. The minimum absolute atomic E-state index is 0.0475. The zero-order chi connectivity index (χ0) is 16.0. The van der Waals surface area contributed by atoms with E-state index in [9.17, 15) is 0 Å². The van der Waals surface area contributed by atoms with Gasteiger partial charge in [0.25, 0.3) is 0 Å². The molecule has 0 saturated heterocycles. The van der Waals surface area contributed by atoms with E-state index in [2.05, 4.69) is 78.2 Å². The van der Waals surface area contributed by atoms with E-state index in [1.807, 2.05) is 0 Å². The largest absolute Gasteiger partial charge is 0.365 e. The van der Waals surface area contributed by atoms with Gasteiger partial charge in [-0.3, -0.25) is 4.68 Å². The molecule has 2 atom stereocenters. The number of anilines is 1. The molecule has 2 fully saturated rings. The lowest BCUT2D eigenvalue weighted by Crippen LogP contribution is -2.29. The van der Waals surface area contributed by atoms with Gasteiger partial charge in [0.1, 0.15) is 0 Å². The summed E-state index contributed by atoms with van der Waals surface area (Å²) in [6.45, 7) is 7.82. The molecular weight excluding hydrogens is 282 g/mol. The lowest BCUT2D eigenvalue weighted by Gasteiger charge is -2.24. The average molecular weight is 309 g/mol. The molecule has 2 aliphatic rings. The molecule has 1 aromatic heterocycles. The van der Waals surface area contributed by atoms with Crippen molar-refractivity contribution in [2.45, 2.75) is 57.5 Å². The predicted molar refractivity (Wildman–Crippen MR) is 94.9 cm³/mol. The monoisotopic (exact) mass is 309 g/mol. The summed E-state index contributed by atoms with van der Waals surface area (Å²) in [6.07, 6.45) is 8.37. The van der Waals surface area contributed by atoms with Crippen LogP contribution < -0.4 is 4.90 Å². The predicted octanol–water partition coefficient (Wildman–Crippen LogP) is 4.41. The second-order valence-corrected chi connectivity index (χ2v) is 8.23. The smallest absolute Gasteiger partial charge is 0.0755 e. The summed E-state index contributed by atoms with van der Waals surface area (Å²) in [4.78, 5) is 2.63. The van der Waals surface area contributed by atoms with Crippen LogP contribution in [0.2, 0.25) is 0 Å². The fourth-order valence-corrected chi connectivity index (χ4v) is 3.42. The lowest BCUT2D eigenvalue weighted by atomic mass is 10.1. The van der Waals surface area contributed by atoms with Crippen LogP contribution in [0.3, 0.4) is 0 Å². The molecule has 0 aliphatic heterocycles. The van der Waals surface area contributed by atoms with Gasteiger partial charge in [-0.2, -0.15) is 5.10 Å². The van der Waals surface area contributed by atoms with E-state index in [0.29, 0.717) is 12.0 Å². The molecule has 0 bridgehead atoms. The van der Waals surface area contributed by atoms with E-state index in [4.69, 9.17) is 0 Å². The topological polar surface area (TPSA) is 21.1 Å². The van der Waals surface area contributed by atoms with Crippen LogP contribution in [-0.4, -0.2) is 22.4 Å². The third kappa shape index (κ3) is 3.15. The van der Waals surface area contributed by atoms with Crippen molar-refractivity contribution in [1.29, 1.82) is 0 Å². The van der Waals surface area contributed by atoms with Gasteiger partial charge in [-0.05, 0) is 51.5 Å². The van der Waals surface area contributed by atoms with Crippen LogP contribution >= 0.6 is 0 Å². The second-order valence-electron chi connectivity index (χ2n) is 8.23. The maximum absolute atomic E-state index is 4.62. The Morgan fingerprint density at radius 3 is 2.52 bits per heavy atom. The Bertz CT molecular complexity index is 664. The molecule has 23 heavy (non-hydrogen) atoms. The van der Waals surface area contributed by atoms with Gasteiger partial charge in [0, 0.05) is 24.7 Å². The SMILES string of the molecule is CC(C)(C)n1cc(N(CC2CC2)[C@@H]2C[C@H]2c2ccccc2)cn1. The summed E-state index contributed by atoms with van der Waals surface area (Å²) in [5.74, 6) is 1.58. The zero-order valence-corrected chi connectivity index (χ0v) is 14.4. The summed E-state index contributed by atoms with van der Waals surface area (Å²) in [5.41, 5.74) is 2.84. The van der Waals surface area contributed by atoms with Crippen molar-refractivity contribution in [2.75, 3.05) is 11.4 Å². The molecule has 0 spiro atoms. The molecule has 2 aromatic rings. The number of hydrogen-bond acceptors (Lipinski definition) is 2. The Morgan fingerprint density at radius 1 is 1.17 bits per heavy atom. The van der Waals surface area contributed by atoms with Gasteiger partial charge < -0.3 is 4.90 Å². The molecule has 3 heteroatoms. The van der Waals surface area contributed by atoms with Crippen molar-refractivity contribution in [2.24, 2.45) is 5.92 Å². The molecule has 4 rings (SSSR count). The van der Waals surface area contributed by atoms with Crippen molar-refractivity contribution in [3.8, 4) is 0 Å². The van der Waals surface area contributed by atoms with Gasteiger partial charge in [0.05, 0.1) is 17.4 Å². The summed E-state index contributed by atoms with van der Waals surface area (Å²) in [7, 11) is 0. The lowest BCUT2D eigenvalue weighted by molar-refractivity contribution is 0.355. The first kappa shape index (κ1) is 14.8. The Kier molecular flexibility index (Phi) is 3.47. The van der Waals surface area contributed by atoms with E-state index in [1.54, 1.807) is 0 Å². The standard InChI is InChI=1S/C20H27N3/c1-20(2,3)23-14-17(12-21-23)22(13-15-9-10-15)19-11-18(19)16-7-5-4-6-8-16/h4-8,12,14-15,18-19H,9-11,13H2,1-3H3/t18-,19+/m0/s1. The molecule has 0 N–H and O–H groups in total. The molecule has 1 heterocycles. The first-order valence-corrected chi connectivity index (χ1v) is 8.89. The Hall–Kier alpha value is -1.77. The van der Waals surface area contributed by atoms with Crippen LogP contribution in [0.25, 0.3) is 0 Å². The highest BCUT2D eigenvalue weighted by Crippen LogP contribution is 2.47. The number of benzene rings is 1. The highest BCUT2D eigenvalue weighted by Gasteiger charge is 2.44. The minimum Gasteiger partial charge on any atom is -0.365 e. The third-order valence-corrected chi connectivity index (χ3v) is 5.12. The Balaban J connectivity index is 1.55. The molecule has 0 radical (unpaired) electrons. The van der Waals surface area contributed by atoms with Crippen molar-refractivity contribution in [3.05, 3.63) is 48.3 Å². The van der Waals surface area contributed by atoms with Crippen LogP contribution in [0.4, 0.5) is 5.69 Å². The number of nitrogens with zero attached hydrogens (tertiary/aromatic N) is 3. The molecule has 3 nitrogen and oxygen atoms in total. The van der Waals surface area contributed by atoms with Crippen LogP contribution in [0.5, 0.6) is 0 Å². The van der Waals surface area contributed by atoms with Crippen molar-refractivity contribution >= 4 is 5.69 Å². The van der Waals surface area contributed by atoms with E-state index in [1.165, 1.54) is 37.1 Å². The van der Waals surface area contributed by atoms with Crippen LogP contribution in [0, 0.1) is 5.92 Å². The van der Waals surface area contributed by atoms with E-state index in [0.717, 1.165) is 5.92 Å². The maximum Gasteiger partial charge on any atom is 0.0755 e. The van der Waals surface area contributed by atoms with Gasteiger partial charge in [0.2, 0.25) is 0 Å². The Labute approximate surface area is 139 Å². The first-order chi connectivity index (χ1) is 11.0. The average Bonchev–Trinajstić information content (AvgIpc) is 3.43. The Morgan fingerprint density at radius 2 is 1.91 bits per heavy atom. The fraction of sp³-hybridized carbons (Fsp3) is 0.550. The van der Waals surface area contributed by atoms with E-state index >= 15 is 0 Å². The van der Waals surface area contributed by atoms with Crippen molar-refractivity contribution < 1.29 is 0 Å². The van der Waals surface area contributed by atoms with Crippen LogP contribution in [-0.2, 0) is 5.54 Å². The maximum atomic E-state index is 4.62. The zero-order valence-electron chi connectivity index (χ0n) is 14.4. The number of hydrogen-bond donors (Lipinski definition) is 0. The first-order valence-electron chi connectivity index (χ1n) is 8.89. The van der Waals surface area contributed by atoms with E-state index < -0.39 is 0 Å². The third-order valence-electron chi connectivity index (χ3n) is 5.12. The van der Waals surface area contributed by atoms with Crippen molar-refractivity contribution in [3.63, 3.8) is 0 Å². The summed E-state index contributed by atoms with van der Waals surface area (Å²) < 4.78 is 2.10. The quantitative estimate of drug-likeness (QED) is 0.815. The van der Waals surface area contributed by atoms with Crippen LogP contribution in [0.15, 0.2) is 42.7 Å². The fourth-order valence-electron chi connectivity index (χ4n) is 3.42. The molecule has 0 unspecified atom stereocenters. The van der Waals surface area contributed by atoms with E-state index in [-0.39, 0.29) is 5.54 Å². The molecule has 2 aliphatic carbocycles. The van der Waals surface area contributed by atoms with Gasteiger partial charge >= 0.3 is 0 Å². The van der Waals surface area contributed by atoms with Crippen molar-refractivity contribution in [1.82, 2.24) is 9.78 Å². The van der Waals surface area contributed by atoms with Gasteiger partial charge in [0.15, 0.2) is 0 Å². The number of rotatable bonds is 5. The highest BCUT2D eigenvalue weighted by molar-refractivity contribution is 5.49. The molecular formula is C20H27N3. The minimum atomic E-state index is 0.0475. The van der Waals surface area contributed by atoms with Crippen LogP contribution in [0.1, 0.15) is 51.5 Å². The second kappa shape index (κ2) is 5.40. The van der Waals surface area contributed by atoms with Gasteiger partial charge in [-0.25, -0.2) is 0 Å². The summed E-state index contributed by atoms with van der Waals surface area (Å²) >= 11 is 0. The number of aromatic nitrogens is 2. The molecule has 122 valence electrons. The van der Waals surface area contributed by atoms with Gasteiger partial charge in [-0.1, -0.05) is 30.3 Å². The normalized spacial score (nSPS) is 23.8. The molecule has 0 amide bonds. The summed E-state index contributed by atoms with van der Waals surface area (Å²) in [6, 6.07) is 11.6. The van der Waals surface area contributed by atoms with Gasteiger partial charge in [-0.15, -0.1) is 0 Å². The summed E-state index contributed by atoms with van der Waals surface area (Å²) in [5, 5.41) is 4.62. The molecule has 1 aromatic carbocycles.